The third-order valence-electron chi connectivity index (χ3n) is 3.16. The van der Waals surface area contributed by atoms with Crippen LogP contribution in [0.5, 0.6) is 0 Å². The molecule has 0 aliphatic carbocycles. The molecule has 1 aromatic heterocycles. The van der Waals surface area contributed by atoms with Crippen molar-refractivity contribution in [2.75, 3.05) is 31.1 Å². The predicted octanol–water partition coefficient (Wildman–Crippen LogP) is 2.59. The van der Waals surface area contributed by atoms with Crippen LogP contribution in [-0.2, 0) is 0 Å². The van der Waals surface area contributed by atoms with Crippen LogP contribution in [-0.4, -0.2) is 36.1 Å². The van der Waals surface area contributed by atoms with E-state index in [2.05, 4.69) is 36.1 Å². The summed E-state index contributed by atoms with van der Waals surface area (Å²) in [4.78, 5) is 10.4. The lowest BCUT2D eigenvalue weighted by Gasteiger charge is -2.29. The molecule has 0 radical (unpaired) electrons. The fourth-order valence-electron chi connectivity index (χ4n) is 2.22. The highest BCUT2D eigenvalue weighted by molar-refractivity contribution is 9.10. The maximum Gasteiger partial charge on any atom is 0.165 e. The van der Waals surface area contributed by atoms with Crippen molar-refractivity contribution in [1.82, 2.24) is 15.3 Å². The van der Waals surface area contributed by atoms with Gasteiger partial charge in [-0.05, 0) is 22.0 Å². The second-order valence-corrected chi connectivity index (χ2v) is 5.52. The van der Waals surface area contributed by atoms with Crippen LogP contribution in [0.4, 0.5) is 10.2 Å². The first-order chi connectivity index (χ1) is 9.18. The number of anilines is 1. The van der Waals surface area contributed by atoms with Gasteiger partial charge in [-0.25, -0.2) is 14.4 Å². The van der Waals surface area contributed by atoms with Gasteiger partial charge in [0, 0.05) is 31.6 Å². The Hall–Kier alpha value is -0.980. The van der Waals surface area contributed by atoms with E-state index >= 15 is 0 Å². The van der Waals surface area contributed by atoms with E-state index in [0.29, 0.717) is 15.9 Å². The van der Waals surface area contributed by atoms with Gasteiger partial charge >= 0.3 is 0 Å². The molecule has 0 spiro atoms. The summed E-state index contributed by atoms with van der Waals surface area (Å²) in [5.74, 6) is 0.293. The van der Waals surface area contributed by atoms with E-state index in [1.807, 2.05) is 0 Å². The van der Waals surface area contributed by atoms with Crippen LogP contribution in [0.1, 0.15) is 0 Å². The monoisotopic (exact) mass is 344 g/mol. The molecule has 0 unspecified atom stereocenters. The van der Waals surface area contributed by atoms with Crippen LogP contribution in [0, 0.1) is 5.82 Å². The Balaban J connectivity index is 2.20. The zero-order valence-corrected chi connectivity index (χ0v) is 12.3. The minimum atomic E-state index is -0.443. The van der Waals surface area contributed by atoms with E-state index in [9.17, 15) is 4.39 Å². The smallest absolute Gasteiger partial charge is 0.165 e. The molecule has 1 fully saturated rings. The van der Waals surface area contributed by atoms with E-state index in [4.69, 9.17) is 11.6 Å². The molecule has 1 N–H and O–H groups in total. The maximum absolute atomic E-state index is 14.2. The van der Waals surface area contributed by atoms with E-state index in [0.717, 1.165) is 32.0 Å². The molecule has 0 amide bonds. The molecule has 1 saturated heterocycles. The summed E-state index contributed by atoms with van der Waals surface area (Å²) < 4.78 is 14.4. The third kappa shape index (κ3) is 2.28. The summed E-state index contributed by atoms with van der Waals surface area (Å²) in [5.41, 5.74) is 0.291. The molecule has 2 aromatic rings. The topological polar surface area (TPSA) is 41.0 Å². The van der Waals surface area contributed by atoms with Gasteiger partial charge in [0.05, 0.1) is 9.50 Å². The lowest BCUT2D eigenvalue weighted by atomic mass is 10.2. The Morgan fingerprint density at radius 3 is 2.79 bits per heavy atom. The molecular formula is C12H11BrClFN4. The van der Waals surface area contributed by atoms with Gasteiger partial charge < -0.3 is 10.2 Å². The first kappa shape index (κ1) is 13.0. The Morgan fingerprint density at radius 2 is 2.05 bits per heavy atom. The highest BCUT2D eigenvalue weighted by atomic mass is 79.9. The minimum Gasteiger partial charge on any atom is -0.353 e. The van der Waals surface area contributed by atoms with Crippen LogP contribution in [0.25, 0.3) is 10.9 Å². The second kappa shape index (κ2) is 5.19. The minimum absolute atomic E-state index is 0.242. The fraction of sp³-hybridized carbons (Fsp3) is 0.333. The maximum atomic E-state index is 14.2. The lowest BCUT2D eigenvalue weighted by molar-refractivity contribution is 0.585. The Morgan fingerprint density at radius 1 is 1.32 bits per heavy atom. The summed E-state index contributed by atoms with van der Waals surface area (Å²) in [6.45, 7) is 3.44. The number of halogens is 3. The molecule has 0 saturated carbocycles. The number of hydrogen-bond acceptors (Lipinski definition) is 4. The number of nitrogens with zero attached hydrogens (tertiary/aromatic N) is 3. The summed E-state index contributed by atoms with van der Waals surface area (Å²) in [7, 11) is 0. The molecule has 1 aromatic carbocycles. The van der Waals surface area contributed by atoms with Crippen molar-refractivity contribution in [3.63, 3.8) is 0 Å². The molecule has 0 bridgehead atoms. The number of aromatic nitrogens is 2. The Labute approximate surface area is 123 Å². The predicted molar refractivity (Wildman–Crippen MR) is 77.3 cm³/mol. The quantitative estimate of drug-likeness (QED) is 0.807. The largest absolute Gasteiger partial charge is 0.353 e. The van der Waals surface area contributed by atoms with Crippen LogP contribution in [0.2, 0.25) is 5.02 Å². The molecule has 0 atom stereocenters. The average Bonchev–Trinajstić information content (AvgIpc) is 2.45. The number of benzene rings is 1. The molecular weight excluding hydrogens is 335 g/mol. The van der Waals surface area contributed by atoms with Gasteiger partial charge in [-0.1, -0.05) is 11.6 Å². The third-order valence-corrected chi connectivity index (χ3v) is 4.46. The zero-order chi connectivity index (χ0) is 13.4. The zero-order valence-electron chi connectivity index (χ0n) is 9.96. The van der Waals surface area contributed by atoms with E-state index in [1.54, 1.807) is 6.07 Å². The van der Waals surface area contributed by atoms with Gasteiger partial charge in [0.15, 0.2) is 5.82 Å². The summed E-state index contributed by atoms with van der Waals surface area (Å²) in [6, 6.07) is 1.71. The molecule has 7 heteroatoms. The molecule has 1 aliphatic heterocycles. The van der Waals surface area contributed by atoms with E-state index in [1.165, 1.54) is 6.33 Å². The Bertz CT molecular complexity index is 631. The molecule has 19 heavy (non-hydrogen) atoms. The average molecular weight is 346 g/mol. The lowest BCUT2D eigenvalue weighted by Crippen LogP contribution is -2.44. The van der Waals surface area contributed by atoms with Crippen molar-refractivity contribution in [1.29, 1.82) is 0 Å². The van der Waals surface area contributed by atoms with Gasteiger partial charge in [0.2, 0.25) is 0 Å². The summed E-state index contributed by atoms with van der Waals surface area (Å²) >= 11 is 9.16. The molecule has 2 heterocycles. The highest BCUT2D eigenvalue weighted by Gasteiger charge is 2.19. The van der Waals surface area contributed by atoms with Gasteiger partial charge in [-0.15, -0.1) is 0 Å². The standard InChI is InChI=1S/C12H11BrClFN4/c13-9-8(14)5-7-11(10(9)15)17-6-18-12(7)19-3-1-16-2-4-19/h5-6,16H,1-4H2. The molecule has 1 aliphatic rings. The van der Waals surface area contributed by atoms with Crippen molar-refractivity contribution in [2.45, 2.75) is 0 Å². The number of fused-ring (bicyclic) bond motifs is 1. The van der Waals surface area contributed by atoms with Gasteiger partial charge in [-0.3, -0.25) is 0 Å². The summed E-state index contributed by atoms with van der Waals surface area (Å²) in [6.07, 6.45) is 1.39. The van der Waals surface area contributed by atoms with Crippen molar-refractivity contribution in [3.8, 4) is 0 Å². The van der Waals surface area contributed by atoms with Crippen molar-refractivity contribution in [2.24, 2.45) is 0 Å². The van der Waals surface area contributed by atoms with Crippen molar-refractivity contribution in [3.05, 3.63) is 27.7 Å². The van der Waals surface area contributed by atoms with Crippen molar-refractivity contribution >= 4 is 44.3 Å². The molecule has 3 rings (SSSR count). The van der Waals surface area contributed by atoms with Crippen LogP contribution >= 0.6 is 27.5 Å². The Kier molecular flexibility index (Phi) is 3.56. The fourth-order valence-corrected chi connectivity index (χ4v) is 2.72. The van der Waals surface area contributed by atoms with E-state index in [-0.39, 0.29) is 4.47 Å². The number of piperazine rings is 1. The summed E-state index contributed by atoms with van der Waals surface area (Å²) in [5, 5.41) is 4.25. The number of hydrogen-bond donors (Lipinski definition) is 1. The molecule has 100 valence electrons. The first-order valence-corrected chi connectivity index (χ1v) is 7.09. The number of rotatable bonds is 1. The number of nitrogens with one attached hydrogen (secondary N) is 1. The van der Waals surface area contributed by atoms with Crippen molar-refractivity contribution < 1.29 is 4.39 Å². The second-order valence-electron chi connectivity index (χ2n) is 4.32. The van der Waals surface area contributed by atoms with Gasteiger partial charge in [0.25, 0.3) is 0 Å². The van der Waals surface area contributed by atoms with Crippen LogP contribution < -0.4 is 10.2 Å². The highest BCUT2D eigenvalue weighted by Crippen LogP contribution is 2.34. The van der Waals surface area contributed by atoms with Gasteiger partial charge in [-0.2, -0.15) is 0 Å². The first-order valence-electron chi connectivity index (χ1n) is 5.92. The van der Waals surface area contributed by atoms with Gasteiger partial charge in [0.1, 0.15) is 17.7 Å². The van der Waals surface area contributed by atoms with E-state index < -0.39 is 5.82 Å². The SMILES string of the molecule is Fc1c(Br)c(Cl)cc2c(N3CCNCC3)ncnc12. The normalized spacial score (nSPS) is 16.1. The molecule has 4 nitrogen and oxygen atoms in total. The van der Waals surface area contributed by atoms with Crippen LogP contribution in [0.3, 0.4) is 0 Å². The van der Waals surface area contributed by atoms with Crippen LogP contribution in [0.15, 0.2) is 16.9 Å².